The van der Waals surface area contributed by atoms with Crippen LogP contribution in [0.5, 0.6) is 0 Å². The average molecular weight is 357 g/mol. The summed E-state index contributed by atoms with van der Waals surface area (Å²) in [6.45, 7) is 3.93. The monoisotopic (exact) mass is 357 g/mol. The number of aromatic nitrogens is 1. The van der Waals surface area contributed by atoms with Crippen LogP contribution in [0.1, 0.15) is 41.6 Å². The number of hydrogen-bond acceptors (Lipinski definition) is 4. The number of aliphatic hydroxyl groups excluding tert-OH is 1. The molecule has 0 spiro atoms. The Balaban J connectivity index is 2.11. The molecule has 1 amide bonds. The lowest BCUT2D eigenvalue weighted by molar-refractivity contribution is -0.121. The molecule has 1 aromatic carbocycles. The minimum Gasteiger partial charge on any atom is -0.477 e. The molecule has 0 fully saturated rings. The molecule has 1 aliphatic heterocycles. The Morgan fingerprint density at radius 2 is 1.96 bits per heavy atom. The topological polar surface area (TPSA) is 106 Å². The van der Waals surface area contributed by atoms with Crippen LogP contribution in [0.15, 0.2) is 36.4 Å². The number of nitrogens with one attached hydrogen (secondary N) is 2. The molecule has 3 rings (SSSR count). The van der Waals surface area contributed by atoms with Crippen LogP contribution in [0.4, 0.5) is 5.69 Å². The Morgan fingerprint density at radius 1 is 1.27 bits per heavy atom. The molecule has 0 saturated heterocycles. The number of fused-ring (bicyclic) bond motifs is 1. The molecule has 0 aliphatic carbocycles. The third-order valence-electron chi connectivity index (χ3n) is 4.64. The highest BCUT2D eigenvalue weighted by atomic mass is 16.4. The van der Waals surface area contributed by atoms with E-state index >= 15 is 0 Å². The Labute approximate surface area is 151 Å². The number of carboxylic acids is 1. The van der Waals surface area contributed by atoms with Gasteiger partial charge in [-0.1, -0.05) is 44.2 Å². The van der Waals surface area contributed by atoms with Gasteiger partial charge in [-0.05, 0) is 17.5 Å². The maximum absolute atomic E-state index is 13.0. The summed E-state index contributed by atoms with van der Waals surface area (Å²) in [4.78, 5) is 29.0. The number of rotatable bonds is 5. The average Bonchev–Trinajstić information content (AvgIpc) is 3.01. The van der Waals surface area contributed by atoms with E-state index < -0.39 is 12.0 Å². The van der Waals surface area contributed by atoms with Gasteiger partial charge in [0.1, 0.15) is 11.7 Å². The second-order valence-corrected chi connectivity index (χ2v) is 6.82. The number of benzene rings is 1. The molecule has 7 heteroatoms. The number of anilines is 1. The quantitative estimate of drug-likeness (QED) is 0.654. The van der Waals surface area contributed by atoms with Crippen molar-refractivity contribution in [2.45, 2.75) is 32.5 Å². The van der Waals surface area contributed by atoms with E-state index in [1.807, 2.05) is 44.2 Å². The van der Waals surface area contributed by atoms with Crippen molar-refractivity contribution in [3.8, 4) is 0 Å². The molecule has 0 bridgehead atoms. The molecule has 7 nitrogen and oxygen atoms in total. The summed E-state index contributed by atoms with van der Waals surface area (Å²) < 4.78 is 0. The molecule has 26 heavy (non-hydrogen) atoms. The number of aliphatic hydroxyl groups is 1. The number of amides is 1. The van der Waals surface area contributed by atoms with E-state index in [1.54, 1.807) is 4.90 Å². The molecule has 0 unspecified atom stereocenters. The van der Waals surface area contributed by atoms with E-state index in [4.69, 9.17) is 0 Å². The summed E-state index contributed by atoms with van der Waals surface area (Å²) in [5, 5.41) is 22.3. The highest BCUT2D eigenvalue weighted by molar-refractivity contribution is 6.00. The molecule has 0 radical (unpaired) electrons. The summed E-state index contributed by atoms with van der Waals surface area (Å²) in [6.07, 6.45) is 0. The first-order chi connectivity index (χ1) is 12.4. The number of aromatic amines is 1. The van der Waals surface area contributed by atoms with Crippen molar-refractivity contribution in [1.82, 2.24) is 10.3 Å². The van der Waals surface area contributed by atoms with E-state index in [1.165, 1.54) is 6.07 Å². The largest absolute Gasteiger partial charge is 0.477 e. The molecule has 138 valence electrons. The van der Waals surface area contributed by atoms with Gasteiger partial charge in [-0.15, -0.1) is 0 Å². The van der Waals surface area contributed by atoms with Crippen molar-refractivity contribution in [1.29, 1.82) is 0 Å². The highest BCUT2D eigenvalue weighted by Gasteiger charge is 2.37. The van der Waals surface area contributed by atoms with Crippen molar-refractivity contribution >= 4 is 17.6 Å². The Hall–Kier alpha value is -2.64. The number of aromatic carboxylic acids is 1. The van der Waals surface area contributed by atoms with Gasteiger partial charge in [0.2, 0.25) is 5.91 Å². The number of hydrogen-bond donors (Lipinski definition) is 4. The minimum absolute atomic E-state index is 0.0377. The zero-order valence-electron chi connectivity index (χ0n) is 14.8. The number of carbonyl (C=O) groups excluding carboxylic acids is 1. The SMILES string of the molecule is CC(C)[C@H]1N[C@@H](CO)C(=O)N(Cc2ccccc2)c2cc(C(=O)O)[nH]c21. The molecule has 1 aliphatic rings. The predicted molar refractivity (Wildman–Crippen MR) is 97.0 cm³/mol. The first-order valence-corrected chi connectivity index (χ1v) is 8.60. The molecule has 0 saturated carbocycles. The number of H-pyrrole nitrogens is 1. The van der Waals surface area contributed by atoms with Gasteiger partial charge in [-0.3, -0.25) is 10.1 Å². The molecule has 2 aromatic rings. The van der Waals surface area contributed by atoms with Gasteiger partial charge in [-0.25, -0.2) is 4.79 Å². The van der Waals surface area contributed by atoms with Crippen LogP contribution in [0, 0.1) is 5.92 Å². The van der Waals surface area contributed by atoms with Gasteiger partial charge in [0, 0.05) is 0 Å². The van der Waals surface area contributed by atoms with Crippen molar-refractivity contribution in [3.63, 3.8) is 0 Å². The van der Waals surface area contributed by atoms with E-state index in [2.05, 4.69) is 10.3 Å². The molecule has 2 atom stereocenters. The molecule has 1 aromatic heterocycles. The van der Waals surface area contributed by atoms with Crippen LogP contribution in [-0.4, -0.2) is 39.7 Å². The molecule has 4 N–H and O–H groups in total. The standard InChI is InChI=1S/C19H23N3O4/c1-11(2)16-17-15(8-13(20-17)19(25)26)22(18(24)14(10-23)21-16)9-12-6-4-3-5-7-12/h3-8,11,14,16,20-21,23H,9-10H2,1-2H3,(H,25,26)/t14-,16+/m0/s1. The third-order valence-corrected chi connectivity index (χ3v) is 4.64. The van der Waals surface area contributed by atoms with Crippen LogP contribution in [0.3, 0.4) is 0 Å². The highest BCUT2D eigenvalue weighted by Crippen LogP contribution is 2.35. The Kier molecular flexibility index (Phi) is 5.11. The van der Waals surface area contributed by atoms with Crippen LogP contribution >= 0.6 is 0 Å². The number of carbonyl (C=O) groups is 2. The maximum atomic E-state index is 13.0. The van der Waals surface area contributed by atoms with Crippen LogP contribution < -0.4 is 10.2 Å². The van der Waals surface area contributed by atoms with Gasteiger partial charge < -0.3 is 20.1 Å². The molecular weight excluding hydrogens is 334 g/mol. The Morgan fingerprint density at radius 3 is 2.54 bits per heavy atom. The lowest BCUT2D eigenvalue weighted by Crippen LogP contribution is -2.47. The van der Waals surface area contributed by atoms with Crippen LogP contribution in [0.25, 0.3) is 0 Å². The summed E-state index contributed by atoms with van der Waals surface area (Å²) in [7, 11) is 0. The second kappa shape index (κ2) is 7.31. The van der Waals surface area contributed by atoms with E-state index in [9.17, 15) is 19.8 Å². The van der Waals surface area contributed by atoms with Crippen molar-refractivity contribution in [2.75, 3.05) is 11.5 Å². The van der Waals surface area contributed by atoms with Crippen molar-refractivity contribution < 1.29 is 19.8 Å². The van der Waals surface area contributed by atoms with Crippen LogP contribution in [-0.2, 0) is 11.3 Å². The summed E-state index contributed by atoms with van der Waals surface area (Å²) in [5.41, 5.74) is 2.15. The van der Waals surface area contributed by atoms with Gasteiger partial charge >= 0.3 is 5.97 Å². The second-order valence-electron chi connectivity index (χ2n) is 6.82. The zero-order chi connectivity index (χ0) is 18.8. The summed E-state index contributed by atoms with van der Waals surface area (Å²) >= 11 is 0. The van der Waals surface area contributed by atoms with Gasteiger partial charge in [0.15, 0.2) is 0 Å². The fourth-order valence-corrected chi connectivity index (χ4v) is 3.30. The van der Waals surface area contributed by atoms with Gasteiger partial charge in [0.05, 0.1) is 30.6 Å². The summed E-state index contributed by atoms with van der Waals surface area (Å²) in [6, 6.07) is 9.95. The smallest absolute Gasteiger partial charge is 0.352 e. The predicted octanol–water partition coefficient (Wildman–Crippen LogP) is 1.91. The number of carboxylic acid groups (broad SMARTS) is 1. The van der Waals surface area contributed by atoms with E-state index in [0.29, 0.717) is 17.9 Å². The minimum atomic E-state index is -1.08. The van der Waals surface area contributed by atoms with Gasteiger partial charge in [0.25, 0.3) is 0 Å². The zero-order valence-corrected chi connectivity index (χ0v) is 14.8. The summed E-state index contributed by atoms with van der Waals surface area (Å²) in [5.74, 6) is -1.27. The fourth-order valence-electron chi connectivity index (χ4n) is 3.30. The molecular formula is C19H23N3O4. The maximum Gasteiger partial charge on any atom is 0.352 e. The number of nitrogens with zero attached hydrogens (tertiary/aromatic N) is 1. The normalized spacial score (nSPS) is 20.2. The lowest BCUT2D eigenvalue weighted by Gasteiger charge is -2.24. The fraction of sp³-hybridized carbons (Fsp3) is 0.368. The Bertz CT molecular complexity index is 800. The van der Waals surface area contributed by atoms with E-state index in [0.717, 1.165) is 5.56 Å². The van der Waals surface area contributed by atoms with Crippen molar-refractivity contribution in [2.24, 2.45) is 5.92 Å². The van der Waals surface area contributed by atoms with Gasteiger partial charge in [-0.2, -0.15) is 0 Å². The third kappa shape index (κ3) is 3.36. The first-order valence-electron chi connectivity index (χ1n) is 8.60. The molecule has 2 heterocycles. The van der Waals surface area contributed by atoms with Crippen molar-refractivity contribution in [3.05, 3.63) is 53.3 Å². The van der Waals surface area contributed by atoms with E-state index in [-0.39, 0.29) is 30.2 Å². The first kappa shape index (κ1) is 18.2. The van der Waals surface area contributed by atoms with Crippen LogP contribution in [0.2, 0.25) is 0 Å². The lowest BCUT2D eigenvalue weighted by atomic mass is 10.00.